The zero-order valence-electron chi connectivity index (χ0n) is 15.4. The number of carbonyl (C=O) groups excluding carboxylic acids is 1. The van der Waals surface area contributed by atoms with Gasteiger partial charge in [0.1, 0.15) is 5.75 Å². The SMILES string of the molecule is CC(NC(=O)c1ccc(S(=O)(=O)N2CCCC2)o1)c1ccc(OC(F)(F)F)cc1. The molecule has 29 heavy (non-hydrogen) atoms. The molecule has 3 rings (SSSR count). The topological polar surface area (TPSA) is 88.9 Å². The number of nitrogens with zero attached hydrogens (tertiary/aromatic N) is 1. The molecule has 2 heterocycles. The van der Waals surface area contributed by atoms with Crippen molar-refractivity contribution in [2.75, 3.05) is 13.1 Å². The summed E-state index contributed by atoms with van der Waals surface area (Å²) in [6, 6.07) is 6.99. The predicted octanol–water partition coefficient (Wildman–Crippen LogP) is 3.45. The molecule has 1 fully saturated rings. The Morgan fingerprint density at radius 3 is 2.34 bits per heavy atom. The number of nitrogens with one attached hydrogen (secondary N) is 1. The maximum Gasteiger partial charge on any atom is 0.573 e. The summed E-state index contributed by atoms with van der Waals surface area (Å²) in [5.41, 5.74) is 0.532. The first kappa shape index (κ1) is 21.2. The average molecular weight is 432 g/mol. The molecule has 1 N–H and O–H groups in total. The number of alkyl halides is 3. The van der Waals surface area contributed by atoms with E-state index in [1.165, 1.54) is 28.6 Å². The summed E-state index contributed by atoms with van der Waals surface area (Å²) in [4.78, 5) is 12.4. The van der Waals surface area contributed by atoms with Gasteiger partial charge in [-0.1, -0.05) is 12.1 Å². The molecule has 7 nitrogen and oxygen atoms in total. The minimum Gasteiger partial charge on any atom is -0.438 e. The summed E-state index contributed by atoms with van der Waals surface area (Å²) in [5, 5.41) is 2.31. The molecular weight excluding hydrogens is 413 g/mol. The number of hydrogen-bond donors (Lipinski definition) is 1. The second-order valence-corrected chi connectivity index (χ2v) is 8.41. The van der Waals surface area contributed by atoms with E-state index in [-0.39, 0.29) is 16.6 Å². The van der Waals surface area contributed by atoms with E-state index < -0.39 is 28.3 Å². The summed E-state index contributed by atoms with van der Waals surface area (Å²) >= 11 is 0. The number of hydrogen-bond acceptors (Lipinski definition) is 5. The lowest BCUT2D eigenvalue weighted by molar-refractivity contribution is -0.274. The highest BCUT2D eigenvalue weighted by atomic mass is 32.2. The van der Waals surface area contributed by atoms with Gasteiger partial charge in [-0.15, -0.1) is 13.2 Å². The van der Waals surface area contributed by atoms with Crippen LogP contribution in [-0.2, 0) is 10.0 Å². The van der Waals surface area contributed by atoms with E-state index in [2.05, 4.69) is 10.1 Å². The Hall–Kier alpha value is -2.53. The molecule has 11 heteroatoms. The Balaban J connectivity index is 1.65. The number of amides is 1. The standard InChI is InChI=1S/C18H19F3N2O5S/c1-12(13-4-6-14(7-5-13)28-18(19,20)21)22-17(24)15-8-9-16(27-15)29(25,26)23-10-2-3-11-23/h4-9,12H,2-3,10-11H2,1H3,(H,22,24). The fourth-order valence-electron chi connectivity index (χ4n) is 2.95. The zero-order valence-corrected chi connectivity index (χ0v) is 16.2. The Morgan fingerprint density at radius 1 is 1.14 bits per heavy atom. The van der Waals surface area contributed by atoms with Crippen molar-refractivity contribution in [2.24, 2.45) is 0 Å². The highest BCUT2D eigenvalue weighted by Crippen LogP contribution is 2.25. The first-order valence-corrected chi connectivity index (χ1v) is 10.3. The van der Waals surface area contributed by atoms with E-state index >= 15 is 0 Å². The number of ether oxygens (including phenoxy) is 1. The smallest absolute Gasteiger partial charge is 0.438 e. The van der Waals surface area contributed by atoms with Gasteiger partial charge in [-0.05, 0) is 49.6 Å². The highest BCUT2D eigenvalue weighted by Gasteiger charge is 2.32. The molecule has 1 saturated heterocycles. The molecule has 1 atom stereocenters. The Labute approximate surface area is 165 Å². The molecule has 0 bridgehead atoms. The normalized spacial score (nSPS) is 16.6. The number of benzene rings is 1. The van der Waals surface area contributed by atoms with Crippen molar-refractivity contribution < 1.29 is 35.5 Å². The fourth-order valence-corrected chi connectivity index (χ4v) is 4.37. The summed E-state index contributed by atoms with van der Waals surface area (Å²) in [6.45, 7) is 2.45. The maximum atomic E-state index is 12.5. The van der Waals surface area contributed by atoms with Gasteiger partial charge in [0.25, 0.3) is 15.9 Å². The van der Waals surface area contributed by atoms with Crippen LogP contribution in [-0.4, -0.2) is 38.1 Å². The van der Waals surface area contributed by atoms with Crippen LogP contribution in [0.1, 0.15) is 41.9 Å². The van der Waals surface area contributed by atoms with Crippen LogP contribution in [0.25, 0.3) is 0 Å². The molecule has 1 unspecified atom stereocenters. The molecule has 0 saturated carbocycles. The van der Waals surface area contributed by atoms with Crippen molar-refractivity contribution in [3.63, 3.8) is 0 Å². The van der Waals surface area contributed by atoms with E-state index in [4.69, 9.17) is 4.42 Å². The van der Waals surface area contributed by atoms with E-state index in [1.807, 2.05) is 0 Å². The molecule has 1 aliphatic heterocycles. The lowest BCUT2D eigenvalue weighted by Gasteiger charge is -2.15. The fraction of sp³-hybridized carbons (Fsp3) is 0.389. The van der Waals surface area contributed by atoms with Crippen LogP contribution in [0.15, 0.2) is 45.9 Å². The van der Waals surface area contributed by atoms with Gasteiger partial charge in [-0.25, -0.2) is 8.42 Å². The second-order valence-electron chi connectivity index (χ2n) is 6.54. The van der Waals surface area contributed by atoms with E-state index in [1.54, 1.807) is 6.92 Å². The molecule has 0 aliphatic carbocycles. The second kappa shape index (κ2) is 8.07. The zero-order chi connectivity index (χ0) is 21.2. The molecule has 1 aromatic heterocycles. The van der Waals surface area contributed by atoms with Gasteiger partial charge in [0.05, 0.1) is 6.04 Å². The first-order valence-electron chi connectivity index (χ1n) is 8.83. The first-order chi connectivity index (χ1) is 13.6. The third-order valence-corrected chi connectivity index (χ3v) is 6.20. The van der Waals surface area contributed by atoms with Crippen molar-refractivity contribution in [3.05, 3.63) is 47.7 Å². The summed E-state index contributed by atoms with van der Waals surface area (Å²) in [6.07, 6.45) is -3.23. The lowest BCUT2D eigenvalue weighted by Crippen LogP contribution is -2.28. The van der Waals surface area contributed by atoms with Crippen LogP contribution in [0, 0.1) is 0 Å². The van der Waals surface area contributed by atoms with E-state index in [0.717, 1.165) is 25.0 Å². The number of sulfonamides is 1. The van der Waals surface area contributed by atoms with Gasteiger partial charge in [0.2, 0.25) is 5.09 Å². The van der Waals surface area contributed by atoms with Gasteiger partial charge >= 0.3 is 6.36 Å². The molecule has 1 aliphatic rings. The van der Waals surface area contributed by atoms with Crippen molar-refractivity contribution in [2.45, 2.75) is 37.3 Å². The summed E-state index contributed by atoms with van der Waals surface area (Å²) < 4.78 is 71.9. The minimum absolute atomic E-state index is 0.174. The van der Waals surface area contributed by atoms with Crippen LogP contribution < -0.4 is 10.1 Å². The molecule has 158 valence electrons. The molecule has 0 spiro atoms. The van der Waals surface area contributed by atoms with Crippen LogP contribution in [0.2, 0.25) is 0 Å². The molecule has 0 radical (unpaired) electrons. The molecular formula is C18H19F3N2O5S. The van der Waals surface area contributed by atoms with Gasteiger partial charge < -0.3 is 14.5 Å². The van der Waals surface area contributed by atoms with Crippen LogP contribution in [0.4, 0.5) is 13.2 Å². The summed E-state index contributed by atoms with van der Waals surface area (Å²) in [7, 11) is -3.77. The number of carbonyl (C=O) groups is 1. The van der Waals surface area contributed by atoms with Gasteiger partial charge in [0.15, 0.2) is 5.76 Å². The van der Waals surface area contributed by atoms with Crippen molar-refractivity contribution in [1.82, 2.24) is 9.62 Å². The molecule has 2 aromatic rings. The monoisotopic (exact) mass is 432 g/mol. The number of halogens is 3. The molecule has 1 amide bonds. The quantitative estimate of drug-likeness (QED) is 0.755. The third kappa shape index (κ3) is 5.10. The summed E-state index contributed by atoms with van der Waals surface area (Å²) in [5.74, 6) is -1.19. The largest absolute Gasteiger partial charge is 0.573 e. The maximum absolute atomic E-state index is 12.5. The van der Waals surface area contributed by atoms with Crippen LogP contribution in [0.3, 0.4) is 0 Å². The van der Waals surface area contributed by atoms with Crippen LogP contribution in [0.5, 0.6) is 5.75 Å². The van der Waals surface area contributed by atoms with Gasteiger partial charge in [-0.3, -0.25) is 4.79 Å². The minimum atomic E-state index is -4.78. The van der Waals surface area contributed by atoms with E-state index in [9.17, 15) is 26.4 Å². The Morgan fingerprint density at radius 2 is 1.76 bits per heavy atom. The van der Waals surface area contributed by atoms with Gasteiger partial charge in [-0.2, -0.15) is 4.31 Å². The van der Waals surface area contributed by atoms with Crippen molar-refractivity contribution in [3.8, 4) is 5.75 Å². The van der Waals surface area contributed by atoms with Crippen LogP contribution >= 0.6 is 0 Å². The third-order valence-electron chi connectivity index (χ3n) is 4.43. The Kier molecular flexibility index (Phi) is 5.90. The number of furan rings is 1. The Bertz CT molecular complexity index is 964. The molecule has 1 aromatic carbocycles. The van der Waals surface area contributed by atoms with Gasteiger partial charge in [0, 0.05) is 13.1 Å². The van der Waals surface area contributed by atoms with Crippen molar-refractivity contribution in [1.29, 1.82) is 0 Å². The van der Waals surface area contributed by atoms with Crippen molar-refractivity contribution >= 4 is 15.9 Å². The number of rotatable bonds is 6. The lowest BCUT2D eigenvalue weighted by atomic mass is 10.1. The highest BCUT2D eigenvalue weighted by molar-refractivity contribution is 7.89. The average Bonchev–Trinajstić information content (AvgIpc) is 3.33. The predicted molar refractivity (Wildman–Crippen MR) is 95.7 cm³/mol. The van der Waals surface area contributed by atoms with E-state index in [0.29, 0.717) is 18.7 Å².